The Hall–Kier alpha value is -8.74. The summed E-state index contributed by atoms with van der Waals surface area (Å²) in [5.74, 6) is 0. The molecular weight excluding hydrogens is 745 g/mol. The highest BCUT2D eigenvalue weighted by atomic mass is 16.6. The van der Waals surface area contributed by atoms with Gasteiger partial charge in [0.15, 0.2) is 0 Å². The van der Waals surface area contributed by atoms with E-state index in [1.54, 1.807) is 24.3 Å². The van der Waals surface area contributed by atoms with E-state index in [1.165, 1.54) is 0 Å². The summed E-state index contributed by atoms with van der Waals surface area (Å²) < 4.78 is 12.8. The van der Waals surface area contributed by atoms with Gasteiger partial charge >= 0.3 is 0 Å². The Morgan fingerprint density at radius 1 is 0.400 bits per heavy atom. The molecule has 0 radical (unpaired) electrons. The van der Waals surface area contributed by atoms with Gasteiger partial charge in [0.1, 0.15) is 59.8 Å². The first-order valence-electron chi connectivity index (χ1n) is 18.8. The second kappa shape index (κ2) is 16.8. The first-order valence-corrected chi connectivity index (χ1v) is 18.8. The normalized spacial score (nSPS) is 14.3. The maximum absolute atomic E-state index is 9.81. The molecule has 10 heteroatoms. The lowest BCUT2D eigenvalue weighted by Crippen LogP contribution is -2.29. The molecular formula is C50H30N8O2. The number of hydrogen-bond acceptors (Lipinski definition) is 10. The van der Waals surface area contributed by atoms with Crippen LogP contribution in [0.1, 0.15) is 34.5 Å². The molecule has 0 N–H and O–H groups in total. The molecule has 0 saturated carbocycles. The zero-order valence-corrected chi connectivity index (χ0v) is 31.8. The molecule has 2 atom stereocenters. The summed E-state index contributed by atoms with van der Waals surface area (Å²) in [6.45, 7) is 0.919. The minimum atomic E-state index is -0.330. The number of nitrogens with zero attached hydrogens (tertiary/aromatic N) is 8. The zero-order chi connectivity index (χ0) is 41.6. The van der Waals surface area contributed by atoms with E-state index in [9.17, 15) is 31.6 Å². The molecule has 0 bridgehead atoms. The highest BCUT2D eigenvalue weighted by molar-refractivity contribution is 5.90. The molecule has 6 aromatic rings. The van der Waals surface area contributed by atoms with Crippen LogP contribution in [0.3, 0.4) is 0 Å². The summed E-state index contributed by atoms with van der Waals surface area (Å²) in [5.41, 5.74) is 9.44. The van der Waals surface area contributed by atoms with Crippen molar-refractivity contribution in [3.8, 4) is 47.5 Å². The van der Waals surface area contributed by atoms with Gasteiger partial charge in [0, 0.05) is 34.1 Å². The summed E-state index contributed by atoms with van der Waals surface area (Å²) in [4.78, 5) is 4.21. The number of hydrogen-bond donors (Lipinski definition) is 0. The van der Waals surface area contributed by atoms with Crippen LogP contribution < -0.4 is 9.80 Å². The summed E-state index contributed by atoms with van der Waals surface area (Å²) in [7, 11) is 0. The van der Waals surface area contributed by atoms with Crippen LogP contribution in [0.5, 0.6) is 0 Å². The predicted octanol–water partition coefficient (Wildman–Crippen LogP) is 11.1. The third-order valence-corrected chi connectivity index (χ3v) is 10.5. The minimum Gasteiger partial charge on any atom is -0.368 e. The van der Waals surface area contributed by atoms with Crippen LogP contribution >= 0.6 is 0 Å². The standard InChI is InChI=1S/C50H30N8O2/c51-27-35(28-52)47(31-55)33-11-15-39(16-12-33)57(37-7-3-1-4-8-37)41-19-21-43-45(25-41)46-26-42(20-22-44(46)50-49(43)59-23-24-60-50)58(38-9-5-2-6-10-38)40-17-13-34(14-18-40)48(32-56)36(29-53)30-54/h1-22,25-26,49-50H,23-24H2. The molecule has 2 aliphatic rings. The molecule has 1 aliphatic heterocycles. The van der Waals surface area contributed by atoms with Crippen LogP contribution in [0.4, 0.5) is 34.1 Å². The number of fused-ring (bicyclic) bond motifs is 6. The van der Waals surface area contributed by atoms with Crippen LogP contribution in [0.15, 0.2) is 157 Å². The quantitative estimate of drug-likeness (QED) is 0.136. The van der Waals surface area contributed by atoms with Gasteiger partial charge in [-0.15, -0.1) is 0 Å². The average molecular weight is 775 g/mol. The van der Waals surface area contributed by atoms with Gasteiger partial charge in [0.05, 0.1) is 24.4 Å². The number of allylic oxidation sites excluding steroid dienone is 4. The zero-order valence-electron chi connectivity index (χ0n) is 31.8. The molecule has 1 aliphatic carbocycles. The van der Waals surface area contributed by atoms with Crippen LogP contribution in [0.25, 0.3) is 22.3 Å². The number of para-hydroxylation sites is 2. The lowest BCUT2D eigenvalue weighted by atomic mass is 9.80. The Kier molecular flexibility index (Phi) is 10.7. The third kappa shape index (κ3) is 6.97. The van der Waals surface area contributed by atoms with Gasteiger partial charge in [-0.05, 0) is 106 Å². The van der Waals surface area contributed by atoms with E-state index in [-0.39, 0.29) is 34.5 Å². The molecule has 6 aromatic carbocycles. The van der Waals surface area contributed by atoms with Crippen molar-refractivity contribution in [2.45, 2.75) is 12.2 Å². The predicted molar refractivity (Wildman–Crippen MR) is 226 cm³/mol. The number of rotatable bonds is 8. The highest BCUT2D eigenvalue weighted by Gasteiger charge is 2.38. The van der Waals surface area contributed by atoms with Gasteiger partial charge in [-0.2, -0.15) is 31.6 Å². The number of benzene rings is 6. The molecule has 8 rings (SSSR count). The van der Waals surface area contributed by atoms with E-state index >= 15 is 0 Å². The van der Waals surface area contributed by atoms with Gasteiger partial charge in [-0.3, -0.25) is 0 Å². The van der Waals surface area contributed by atoms with Crippen molar-refractivity contribution in [2.24, 2.45) is 0 Å². The Bertz CT molecular complexity index is 2720. The summed E-state index contributed by atoms with van der Waals surface area (Å²) >= 11 is 0. The molecule has 1 saturated heterocycles. The van der Waals surface area contributed by atoms with E-state index in [0.717, 1.165) is 56.4 Å². The first-order chi connectivity index (χ1) is 29.5. The first kappa shape index (κ1) is 38.1. The second-order valence-electron chi connectivity index (χ2n) is 13.7. The maximum Gasteiger partial charge on any atom is 0.148 e. The van der Waals surface area contributed by atoms with Crippen LogP contribution in [-0.2, 0) is 9.47 Å². The van der Waals surface area contributed by atoms with Crippen molar-refractivity contribution in [3.05, 3.63) is 179 Å². The molecule has 0 spiro atoms. The van der Waals surface area contributed by atoms with Crippen LogP contribution in [0, 0.1) is 68.0 Å². The summed E-state index contributed by atoms with van der Waals surface area (Å²) in [5, 5.41) is 57.5. The monoisotopic (exact) mass is 774 g/mol. The second-order valence-corrected chi connectivity index (χ2v) is 13.7. The van der Waals surface area contributed by atoms with Gasteiger partial charge in [-0.25, -0.2) is 0 Å². The fourth-order valence-electron chi connectivity index (χ4n) is 7.77. The molecule has 10 nitrogen and oxygen atoms in total. The van der Waals surface area contributed by atoms with Crippen molar-refractivity contribution < 1.29 is 9.47 Å². The van der Waals surface area contributed by atoms with Crippen molar-refractivity contribution >= 4 is 45.3 Å². The smallest absolute Gasteiger partial charge is 0.148 e. The lowest BCUT2D eigenvalue weighted by Gasteiger charge is -2.39. The number of anilines is 6. The SMILES string of the molecule is N#CC(C#N)=C(C#N)c1ccc(N(c2ccccc2)c2ccc3c(c2)-c2cc(N(c4ccccc4)c4ccc(C(C#N)=C(C#N)C#N)cc4)ccc2C2OCCOC32)cc1. The molecule has 282 valence electrons. The molecule has 0 amide bonds. The minimum absolute atomic E-state index is 0.0136. The lowest BCUT2D eigenvalue weighted by molar-refractivity contribution is -0.146. The Morgan fingerprint density at radius 3 is 1.07 bits per heavy atom. The van der Waals surface area contributed by atoms with E-state index in [2.05, 4.69) is 46.2 Å². The van der Waals surface area contributed by atoms with Crippen molar-refractivity contribution in [1.82, 2.24) is 0 Å². The van der Waals surface area contributed by atoms with Crippen LogP contribution in [0.2, 0.25) is 0 Å². The number of nitriles is 6. The largest absolute Gasteiger partial charge is 0.368 e. The highest BCUT2D eigenvalue weighted by Crippen LogP contribution is 2.52. The fourth-order valence-corrected chi connectivity index (χ4v) is 7.77. The Labute approximate surface area is 347 Å². The van der Waals surface area contributed by atoms with Gasteiger partial charge in [0.2, 0.25) is 0 Å². The number of ether oxygens (including phenoxy) is 2. The van der Waals surface area contributed by atoms with E-state index < -0.39 is 0 Å². The summed E-state index contributed by atoms with van der Waals surface area (Å²) in [6, 6.07) is 58.1. The Balaban J connectivity index is 1.28. The molecule has 0 aromatic heterocycles. The van der Waals surface area contributed by atoms with E-state index in [1.807, 2.05) is 121 Å². The average Bonchev–Trinajstić information content (AvgIpc) is 3.31. The van der Waals surface area contributed by atoms with Gasteiger partial charge in [-0.1, -0.05) is 72.8 Å². The molecule has 1 fully saturated rings. The van der Waals surface area contributed by atoms with Crippen molar-refractivity contribution in [1.29, 1.82) is 31.6 Å². The van der Waals surface area contributed by atoms with Gasteiger partial charge < -0.3 is 19.3 Å². The maximum atomic E-state index is 9.81. The van der Waals surface area contributed by atoms with Crippen molar-refractivity contribution in [2.75, 3.05) is 23.0 Å². The third-order valence-electron chi connectivity index (χ3n) is 10.5. The van der Waals surface area contributed by atoms with Gasteiger partial charge in [0.25, 0.3) is 0 Å². The molecule has 1 heterocycles. The topological polar surface area (TPSA) is 168 Å². The summed E-state index contributed by atoms with van der Waals surface area (Å²) in [6.07, 6.45) is -0.661. The van der Waals surface area contributed by atoms with Crippen LogP contribution in [-0.4, -0.2) is 13.2 Å². The van der Waals surface area contributed by atoms with E-state index in [4.69, 9.17) is 9.47 Å². The van der Waals surface area contributed by atoms with Crippen molar-refractivity contribution in [3.63, 3.8) is 0 Å². The molecule has 60 heavy (non-hydrogen) atoms. The fraction of sp³-hybridized carbons (Fsp3) is 0.0800. The van der Waals surface area contributed by atoms with E-state index in [0.29, 0.717) is 24.3 Å². The Morgan fingerprint density at radius 2 is 0.733 bits per heavy atom. The molecule has 2 unspecified atom stereocenters.